The summed E-state index contributed by atoms with van der Waals surface area (Å²) in [5.74, 6) is -0.107. The summed E-state index contributed by atoms with van der Waals surface area (Å²) in [4.78, 5) is 19.1. The Morgan fingerprint density at radius 3 is 2.88 bits per heavy atom. The molecule has 2 atom stereocenters. The predicted octanol–water partition coefficient (Wildman–Crippen LogP) is 4.81. The van der Waals surface area contributed by atoms with Crippen molar-refractivity contribution in [3.63, 3.8) is 0 Å². The van der Waals surface area contributed by atoms with Crippen LogP contribution >= 0.6 is 11.6 Å². The molecule has 0 saturated carbocycles. The minimum absolute atomic E-state index is 0.0228. The van der Waals surface area contributed by atoms with Crippen molar-refractivity contribution in [2.75, 3.05) is 19.6 Å². The Bertz CT molecular complexity index is 1200. The summed E-state index contributed by atoms with van der Waals surface area (Å²) >= 11 is 5.92. The summed E-state index contributed by atoms with van der Waals surface area (Å²) in [5, 5.41) is 3.68. The van der Waals surface area contributed by atoms with Gasteiger partial charge in [-0.3, -0.25) is 4.79 Å². The molecule has 3 aromatic rings. The number of nitrogens with one attached hydrogen (secondary N) is 1. The third kappa shape index (κ3) is 3.93. The molecule has 5 rings (SSSR count). The van der Waals surface area contributed by atoms with Crippen molar-refractivity contribution in [1.82, 2.24) is 19.8 Å². The zero-order valence-corrected chi connectivity index (χ0v) is 18.8. The van der Waals surface area contributed by atoms with E-state index in [9.17, 15) is 9.18 Å². The second kappa shape index (κ2) is 8.68. The van der Waals surface area contributed by atoms with Crippen LogP contribution in [0.4, 0.5) is 4.39 Å². The smallest absolute Gasteiger partial charge is 0.239 e. The number of carbonyl (C=O) groups is 1. The van der Waals surface area contributed by atoms with E-state index in [0.29, 0.717) is 17.1 Å². The van der Waals surface area contributed by atoms with E-state index in [0.717, 1.165) is 48.9 Å². The van der Waals surface area contributed by atoms with Crippen LogP contribution in [0, 0.1) is 5.82 Å². The van der Waals surface area contributed by atoms with Crippen LogP contribution in [-0.4, -0.2) is 46.0 Å². The number of nitrogens with zero attached hydrogens (tertiary/aromatic N) is 3. The number of hydrogen-bond donors (Lipinski definition) is 1. The normalized spacial score (nSPS) is 19.9. The molecule has 0 unspecified atom stereocenters. The van der Waals surface area contributed by atoms with Crippen LogP contribution in [0.5, 0.6) is 0 Å². The highest BCUT2D eigenvalue weighted by atomic mass is 35.5. The monoisotopic (exact) mass is 452 g/mol. The van der Waals surface area contributed by atoms with Crippen molar-refractivity contribution >= 4 is 34.1 Å². The van der Waals surface area contributed by atoms with Gasteiger partial charge in [0.05, 0.1) is 29.4 Å². The van der Waals surface area contributed by atoms with Crippen LogP contribution in [0.2, 0.25) is 5.02 Å². The van der Waals surface area contributed by atoms with E-state index in [4.69, 9.17) is 11.6 Å². The molecular formula is C25H26ClFN4O. The minimum atomic E-state index is -0.320. The average molecular weight is 453 g/mol. The average Bonchev–Trinajstić information content (AvgIpc) is 3.48. The molecule has 3 heterocycles. The largest absolute Gasteiger partial charge is 0.337 e. The zero-order valence-electron chi connectivity index (χ0n) is 18.0. The molecule has 0 spiro atoms. The highest BCUT2D eigenvalue weighted by Crippen LogP contribution is 2.30. The summed E-state index contributed by atoms with van der Waals surface area (Å²) in [6, 6.07) is 10.7. The van der Waals surface area contributed by atoms with Crippen molar-refractivity contribution in [1.29, 1.82) is 0 Å². The van der Waals surface area contributed by atoms with Gasteiger partial charge in [-0.1, -0.05) is 29.8 Å². The Labute approximate surface area is 191 Å². The first-order chi connectivity index (χ1) is 15.5. The first kappa shape index (κ1) is 21.2. The molecule has 7 heteroatoms. The minimum Gasteiger partial charge on any atom is -0.337 e. The van der Waals surface area contributed by atoms with Gasteiger partial charge < -0.3 is 14.8 Å². The summed E-state index contributed by atoms with van der Waals surface area (Å²) in [7, 11) is 0. The molecule has 2 aliphatic rings. The van der Waals surface area contributed by atoms with Crippen LogP contribution < -0.4 is 5.32 Å². The predicted molar refractivity (Wildman–Crippen MR) is 125 cm³/mol. The lowest BCUT2D eigenvalue weighted by molar-refractivity contribution is -0.132. The van der Waals surface area contributed by atoms with Gasteiger partial charge in [-0.25, -0.2) is 9.37 Å². The maximum Gasteiger partial charge on any atom is 0.239 e. The fourth-order valence-electron chi connectivity index (χ4n) is 4.77. The van der Waals surface area contributed by atoms with Crippen molar-refractivity contribution in [2.45, 2.75) is 38.3 Å². The van der Waals surface area contributed by atoms with E-state index in [1.54, 1.807) is 18.5 Å². The second-order valence-corrected chi connectivity index (χ2v) is 9.05. The van der Waals surface area contributed by atoms with E-state index in [-0.39, 0.29) is 23.8 Å². The summed E-state index contributed by atoms with van der Waals surface area (Å²) in [6.07, 6.45) is 6.73. The Kier molecular flexibility index (Phi) is 5.74. The molecule has 0 bridgehead atoms. The van der Waals surface area contributed by atoms with E-state index >= 15 is 0 Å². The number of carbonyl (C=O) groups excluding carboxylic acids is 1. The van der Waals surface area contributed by atoms with Crippen LogP contribution in [0.15, 0.2) is 48.8 Å². The lowest BCUT2D eigenvalue weighted by Crippen LogP contribution is -2.45. The fourth-order valence-corrected chi connectivity index (χ4v) is 4.93. The van der Waals surface area contributed by atoms with Crippen molar-refractivity contribution in [3.05, 3.63) is 70.8 Å². The number of aromatic nitrogens is 2. The van der Waals surface area contributed by atoms with Gasteiger partial charge in [0.2, 0.25) is 5.91 Å². The molecule has 5 nitrogen and oxygen atoms in total. The molecule has 1 amide bonds. The van der Waals surface area contributed by atoms with E-state index in [1.165, 1.54) is 11.6 Å². The Morgan fingerprint density at radius 2 is 2.16 bits per heavy atom. The lowest BCUT2D eigenvalue weighted by Gasteiger charge is -2.29. The van der Waals surface area contributed by atoms with Gasteiger partial charge >= 0.3 is 0 Å². The van der Waals surface area contributed by atoms with E-state index in [2.05, 4.69) is 28.5 Å². The first-order valence-electron chi connectivity index (χ1n) is 11.1. The SMILES string of the molecule is C[C@H](c1ccc(Cl)cc1F)n1cnc2ccc(C3=CCN(C(=O)[C@H]4CCCN4)CC3)cc21. The third-order valence-electron chi connectivity index (χ3n) is 6.65. The van der Waals surface area contributed by atoms with Gasteiger partial charge in [0.15, 0.2) is 0 Å². The number of halogens is 2. The third-order valence-corrected chi connectivity index (χ3v) is 6.89. The molecule has 0 aliphatic carbocycles. The summed E-state index contributed by atoms with van der Waals surface area (Å²) in [6.45, 7) is 4.25. The fraction of sp³-hybridized carbons (Fsp3) is 0.360. The first-order valence-corrected chi connectivity index (χ1v) is 11.5. The molecule has 1 N–H and O–H groups in total. The highest BCUT2D eigenvalue weighted by molar-refractivity contribution is 6.30. The van der Waals surface area contributed by atoms with Gasteiger partial charge in [0.1, 0.15) is 5.82 Å². The lowest BCUT2D eigenvalue weighted by atomic mass is 9.98. The molecular weight excluding hydrogens is 427 g/mol. The molecule has 0 radical (unpaired) electrons. The Balaban J connectivity index is 1.40. The second-order valence-electron chi connectivity index (χ2n) is 8.61. The van der Waals surface area contributed by atoms with Gasteiger partial charge in [-0.2, -0.15) is 0 Å². The maximum atomic E-state index is 14.5. The van der Waals surface area contributed by atoms with Gasteiger partial charge in [0, 0.05) is 23.7 Å². The summed E-state index contributed by atoms with van der Waals surface area (Å²) < 4.78 is 16.5. The van der Waals surface area contributed by atoms with Gasteiger partial charge in [-0.05, 0) is 68.1 Å². The van der Waals surface area contributed by atoms with Crippen LogP contribution in [-0.2, 0) is 4.79 Å². The molecule has 1 fully saturated rings. The number of hydrogen-bond acceptors (Lipinski definition) is 3. The molecule has 1 aromatic heterocycles. The van der Waals surface area contributed by atoms with Crippen LogP contribution in [0.3, 0.4) is 0 Å². The van der Waals surface area contributed by atoms with Gasteiger partial charge in [0.25, 0.3) is 0 Å². The standard InChI is InChI=1S/C25H26ClFN4O/c1-16(20-6-5-19(26)14-21(20)27)31-15-29-22-7-4-18(13-24(22)31)17-8-11-30(12-9-17)25(32)23-3-2-10-28-23/h4-8,13-16,23,28H,2-3,9-12H2,1H3/t16-,23-/m1/s1. The van der Waals surface area contributed by atoms with Crippen LogP contribution in [0.1, 0.15) is 43.4 Å². The van der Waals surface area contributed by atoms with Gasteiger partial charge in [-0.15, -0.1) is 0 Å². The number of rotatable bonds is 4. The molecule has 1 saturated heterocycles. The Hall–Kier alpha value is -2.70. The number of benzene rings is 2. The zero-order chi connectivity index (χ0) is 22.2. The summed E-state index contributed by atoms with van der Waals surface area (Å²) in [5.41, 5.74) is 4.75. The molecule has 2 aromatic carbocycles. The number of amides is 1. The van der Waals surface area contributed by atoms with Crippen molar-refractivity contribution < 1.29 is 9.18 Å². The molecule has 32 heavy (non-hydrogen) atoms. The topological polar surface area (TPSA) is 50.2 Å². The quantitative estimate of drug-likeness (QED) is 0.618. The van der Waals surface area contributed by atoms with Crippen LogP contribution in [0.25, 0.3) is 16.6 Å². The van der Waals surface area contributed by atoms with Crippen molar-refractivity contribution in [2.24, 2.45) is 0 Å². The number of imidazole rings is 1. The van der Waals surface area contributed by atoms with E-state index in [1.807, 2.05) is 22.5 Å². The molecule has 2 aliphatic heterocycles. The van der Waals surface area contributed by atoms with E-state index < -0.39 is 0 Å². The number of fused-ring (bicyclic) bond motifs is 1. The molecule has 166 valence electrons. The Morgan fingerprint density at radius 1 is 1.28 bits per heavy atom. The maximum absolute atomic E-state index is 14.5. The van der Waals surface area contributed by atoms with Crippen molar-refractivity contribution in [3.8, 4) is 0 Å². The highest BCUT2D eigenvalue weighted by Gasteiger charge is 2.28.